The van der Waals surface area contributed by atoms with Crippen molar-refractivity contribution in [3.8, 4) is 0 Å². The van der Waals surface area contributed by atoms with Gasteiger partial charge in [-0.15, -0.1) is 0 Å². The molecule has 0 spiro atoms. The second-order valence-corrected chi connectivity index (χ2v) is 6.02. The van der Waals surface area contributed by atoms with E-state index >= 15 is 0 Å². The topological polar surface area (TPSA) is 63.2 Å². The van der Waals surface area contributed by atoms with Crippen LogP contribution in [0.15, 0.2) is 0 Å². The monoisotopic (exact) mass is 269 g/mol. The molecule has 4 heteroatoms. The predicted octanol–water partition coefficient (Wildman–Crippen LogP) is 2.36. The minimum Gasteiger partial charge on any atom is -0.347 e. The van der Waals surface area contributed by atoms with Crippen LogP contribution < -0.4 is 5.32 Å². The van der Waals surface area contributed by atoms with Crippen molar-refractivity contribution in [2.75, 3.05) is 0 Å². The van der Waals surface area contributed by atoms with Crippen molar-refractivity contribution < 1.29 is 14.4 Å². The van der Waals surface area contributed by atoms with E-state index < -0.39 is 6.04 Å². The molecule has 0 saturated heterocycles. The van der Waals surface area contributed by atoms with Gasteiger partial charge in [-0.3, -0.25) is 14.4 Å². The van der Waals surface area contributed by atoms with Gasteiger partial charge >= 0.3 is 0 Å². The van der Waals surface area contributed by atoms with Crippen LogP contribution in [-0.4, -0.2) is 23.5 Å². The van der Waals surface area contributed by atoms with Crippen LogP contribution in [0.3, 0.4) is 0 Å². The normalized spacial score (nSPS) is 14.3. The molecule has 2 atom stereocenters. The number of hydrogen-bond acceptors (Lipinski definition) is 3. The Labute approximate surface area is 116 Å². The van der Waals surface area contributed by atoms with E-state index in [1.165, 1.54) is 0 Å². The van der Waals surface area contributed by atoms with Gasteiger partial charge in [0.1, 0.15) is 5.78 Å². The number of carbonyl (C=O) groups is 3. The number of ketones is 2. The van der Waals surface area contributed by atoms with Crippen LogP contribution in [0.1, 0.15) is 54.4 Å². The number of carbonyl (C=O) groups excluding carboxylic acids is 3. The fourth-order valence-electron chi connectivity index (χ4n) is 1.90. The van der Waals surface area contributed by atoms with E-state index in [4.69, 9.17) is 0 Å². The van der Waals surface area contributed by atoms with Gasteiger partial charge in [0.15, 0.2) is 5.78 Å². The summed E-state index contributed by atoms with van der Waals surface area (Å²) in [6.45, 7) is 11.0. The highest BCUT2D eigenvalue weighted by Crippen LogP contribution is 2.12. The Hall–Kier alpha value is -1.19. The van der Waals surface area contributed by atoms with Crippen LogP contribution >= 0.6 is 0 Å². The molecule has 0 aromatic carbocycles. The maximum absolute atomic E-state index is 11.9. The second-order valence-electron chi connectivity index (χ2n) is 6.02. The summed E-state index contributed by atoms with van der Waals surface area (Å²) in [5.74, 6) is -0.180. The van der Waals surface area contributed by atoms with Gasteiger partial charge in [0.05, 0.1) is 6.04 Å². The Morgan fingerprint density at radius 3 is 1.84 bits per heavy atom. The molecule has 0 aliphatic heterocycles. The molecule has 0 rings (SSSR count). The summed E-state index contributed by atoms with van der Waals surface area (Å²) in [5.41, 5.74) is 0. The zero-order valence-electron chi connectivity index (χ0n) is 12.9. The van der Waals surface area contributed by atoms with Gasteiger partial charge in [-0.05, 0) is 12.8 Å². The third-order valence-electron chi connectivity index (χ3n) is 3.02. The van der Waals surface area contributed by atoms with Gasteiger partial charge in [-0.1, -0.05) is 34.6 Å². The summed E-state index contributed by atoms with van der Waals surface area (Å²) in [7, 11) is 0. The van der Waals surface area contributed by atoms with Crippen LogP contribution in [0.4, 0.5) is 0 Å². The summed E-state index contributed by atoms with van der Waals surface area (Å²) >= 11 is 0. The van der Waals surface area contributed by atoms with E-state index in [1.54, 1.807) is 13.8 Å². The van der Waals surface area contributed by atoms with E-state index in [0.717, 1.165) is 0 Å². The Balaban J connectivity index is 4.27. The Morgan fingerprint density at radius 2 is 1.42 bits per heavy atom. The fourth-order valence-corrected chi connectivity index (χ4v) is 1.90. The zero-order valence-corrected chi connectivity index (χ0v) is 12.9. The summed E-state index contributed by atoms with van der Waals surface area (Å²) < 4.78 is 0. The summed E-state index contributed by atoms with van der Waals surface area (Å²) in [4.78, 5) is 35.2. The molecule has 1 amide bonds. The third-order valence-corrected chi connectivity index (χ3v) is 3.02. The quantitative estimate of drug-likeness (QED) is 0.735. The number of rotatable bonds is 8. The van der Waals surface area contributed by atoms with Crippen molar-refractivity contribution in [2.24, 2.45) is 17.8 Å². The van der Waals surface area contributed by atoms with Crippen molar-refractivity contribution in [3.63, 3.8) is 0 Å². The lowest BCUT2D eigenvalue weighted by atomic mass is 9.91. The standard InChI is InChI=1S/C15H27NO3/c1-9(2)7-14(18)16-12(6)13(17)8-11(5)15(19)10(3)4/h9-12H,7-8H2,1-6H3,(H,16,18)/t11-,12+/m1/s1. The van der Waals surface area contributed by atoms with E-state index in [2.05, 4.69) is 5.32 Å². The van der Waals surface area contributed by atoms with Crippen molar-refractivity contribution in [3.05, 3.63) is 0 Å². The summed E-state index contributed by atoms with van der Waals surface area (Å²) in [5, 5.41) is 2.68. The molecule has 0 fully saturated rings. The summed E-state index contributed by atoms with van der Waals surface area (Å²) in [6, 6.07) is -0.520. The Kier molecular flexibility index (Phi) is 7.57. The molecular weight excluding hydrogens is 242 g/mol. The maximum atomic E-state index is 11.9. The first-order chi connectivity index (χ1) is 8.65. The van der Waals surface area contributed by atoms with Gasteiger partial charge in [-0.25, -0.2) is 0 Å². The lowest BCUT2D eigenvalue weighted by Gasteiger charge is -2.17. The fraction of sp³-hybridized carbons (Fsp3) is 0.800. The average molecular weight is 269 g/mol. The lowest BCUT2D eigenvalue weighted by Crippen LogP contribution is -2.40. The van der Waals surface area contributed by atoms with Crippen LogP contribution in [-0.2, 0) is 14.4 Å². The minimum atomic E-state index is -0.520. The number of nitrogens with one attached hydrogen (secondary N) is 1. The highest BCUT2D eigenvalue weighted by atomic mass is 16.2. The number of Topliss-reactive ketones (excluding diaryl/α,β-unsaturated/α-hetero) is 2. The molecule has 1 N–H and O–H groups in total. The molecule has 0 unspecified atom stereocenters. The second kappa shape index (κ2) is 8.08. The molecule has 4 nitrogen and oxygen atoms in total. The molecule has 0 bridgehead atoms. The van der Waals surface area contributed by atoms with E-state index in [1.807, 2.05) is 27.7 Å². The van der Waals surface area contributed by atoms with Crippen molar-refractivity contribution in [1.29, 1.82) is 0 Å². The van der Waals surface area contributed by atoms with Gasteiger partial charge in [0.25, 0.3) is 0 Å². The van der Waals surface area contributed by atoms with Gasteiger partial charge < -0.3 is 5.32 Å². The highest BCUT2D eigenvalue weighted by Gasteiger charge is 2.23. The highest BCUT2D eigenvalue weighted by molar-refractivity contribution is 5.93. The molecule has 0 heterocycles. The minimum absolute atomic E-state index is 0.0614. The van der Waals surface area contributed by atoms with Crippen molar-refractivity contribution in [1.82, 2.24) is 5.32 Å². The van der Waals surface area contributed by atoms with Gasteiger partial charge in [-0.2, -0.15) is 0 Å². The molecule has 0 saturated carbocycles. The smallest absolute Gasteiger partial charge is 0.220 e. The van der Waals surface area contributed by atoms with Crippen molar-refractivity contribution >= 4 is 17.5 Å². The molecule has 0 radical (unpaired) electrons. The van der Waals surface area contributed by atoms with Crippen LogP contribution in [0.5, 0.6) is 0 Å². The largest absolute Gasteiger partial charge is 0.347 e. The number of hydrogen-bond donors (Lipinski definition) is 1. The van der Waals surface area contributed by atoms with Crippen molar-refractivity contribution in [2.45, 2.75) is 60.4 Å². The lowest BCUT2D eigenvalue weighted by molar-refractivity contribution is -0.131. The van der Waals surface area contributed by atoms with Crippen LogP contribution in [0, 0.1) is 17.8 Å². The third kappa shape index (κ3) is 7.09. The van der Waals surface area contributed by atoms with E-state index in [0.29, 0.717) is 6.42 Å². The molecule has 0 aliphatic rings. The first-order valence-electron chi connectivity index (χ1n) is 7.00. The molecule has 0 aliphatic carbocycles. The SMILES string of the molecule is CC(C)CC(=O)N[C@@H](C)C(=O)C[C@@H](C)C(=O)C(C)C. The van der Waals surface area contributed by atoms with Gasteiger partial charge in [0, 0.05) is 24.7 Å². The first kappa shape index (κ1) is 17.8. The van der Waals surface area contributed by atoms with Gasteiger partial charge in [0.2, 0.25) is 5.91 Å². The maximum Gasteiger partial charge on any atom is 0.220 e. The molecule has 0 aromatic heterocycles. The first-order valence-corrected chi connectivity index (χ1v) is 7.00. The van der Waals surface area contributed by atoms with Crippen LogP contribution in [0.25, 0.3) is 0 Å². The van der Waals surface area contributed by atoms with Crippen LogP contribution in [0.2, 0.25) is 0 Å². The van der Waals surface area contributed by atoms with E-state index in [-0.39, 0.29) is 41.6 Å². The Morgan fingerprint density at radius 1 is 0.895 bits per heavy atom. The predicted molar refractivity (Wildman–Crippen MR) is 75.7 cm³/mol. The average Bonchev–Trinajstić information content (AvgIpc) is 2.25. The summed E-state index contributed by atoms with van der Waals surface area (Å²) in [6.07, 6.45) is 0.609. The zero-order chi connectivity index (χ0) is 15.2. The Bertz CT molecular complexity index is 334. The molecular formula is C15H27NO3. The molecule has 0 aromatic rings. The van der Waals surface area contributed by atoms with E-state index in [9.17, 15) is 14.4 Å². The number of amides is 1. The molecule has 110 valence electrons. The molecule has 19 heavy (non-hydrogen) atoms.